The Morgan fingerprint density at radius 1 is 0.926 bits per heavy atom. The molecular formula is C25H36N2. The number of rotatable bonds is 6. The first kappa shape index (κ1) is 20.1. The van der Waals surface area contributed by atoms with Gasteiger partial charge in [-0.2, -0.15) is 0 Å². The maximum Gasteiger partial charge on any atom is 0.0208 e. The number of likely N-dealkylation sites (tertiary alicyclic amines) is 1. The first-order valence-electron chi connectivity index (χ1n) is 10.5. The molecular weight excluding hydrogens is 328 g/mol. The van der Waals surface area contributed by atoms with Crippen molar-refractivity contribution in [1.29, 1.82) is 0 Å². The van der Waals surface area contributed by atoms with E-state index in [2.05, 4.69) is 80.3 Å². The molecule has 0 saturated carbocycles. The molecule has 146 valence electrons. The van der Waals surface area contributed by atoms with E-state index in [1.807, 2.05) is 0 Å². The van der Waals surface area contributed by atoms with Crippen LogP contribution < -0.4 is 5.73 Å². The Bertz CT molecular complexity index is 677. The van der Waals surface area contributed by atoms with E-state index in [9.17, 15) is 0 Å². The van der Waals surface area contributed by atoms with E-state index >= 15 is 0 Å². The van der Waals surface area contributed by atoms with Gasteiger partial charge in [-0.3, -0.25) is 0 Å². The highest BCUT2D eigenvalue weighted by molar-refractivity contribution is 5.28. The summed E-state index contributed by atoms with van der Waals surface area (Å²) < 4.78 is 0. The van der Waals surface area contributed by atoms with Gasteiger partial charge >= 0.3 is 0 Å². The zero-order valence-corrected chi connectivity index (χ0v) is 17.3. The summed E-state index contributed by atoms with van der Waals surface area (Å²) in [5.74, 6) is 0.824. The van der Waals surface area contributed by atoms with Crippen LogP contribution in [0.4, 0.5) is 0 Å². The SMILES string of the molecule is CC(C)(C)c1ccc(CC(N)CN2CCC(Cc3ccccc3)CC2)cc1. The molecule has 1 aliphatic rings. The quantitative estimate of drug-likeness (QED) is 0.797. The number of hydrogen-bond acceptors (Lipinski definition) is 2. The molecule has 27 heavy (non-hydrogen) atoms. The number of benzene rings is 2. The molecule has 0 aromatic heterocycles. The normalized spacial score (nSPS) is 17.8. The first-order chi connectivity index (χ1) is 12.9. The average molecular weight is 365 g/mol. The molecule has 0 aliphatic carbocycles. The van der Waals surface area contributed by atoms with Crippen LogP contribution in [0.3, 0.4) is 0 Å². The van der Waals surface area contributed by atoms with Crippen LogP contribution in [-0.4, -0.2) is 30.6 Å². The van der Waals surface area contributed by atoms with Crippen LogP contribution in [0.25, 0.3) is 0 Å². The van der Waals surface area contributed by atoms with Gasteiger partial charge in [-0.25, -0.2) is 0 Å². The van der Waals surface area contributed by atoms with E-state index in [1.54, 1.807) is 0 Å². The van der Waals surface area contributed by atoms with Gasteiger partial charge in [-0.15, -0.1) is 0 Å². The van der Waals surface area contributed by atoms with E-state index in [0.29, 0.717) is 0 Å². The Hall–Kier alpha value is -1.64. The molecule has 2 aromatic rings. The summed E-state index contributed by atoms with van der Waals surface area (Å²) in [4.78, 5) is 2.57. The van der Waals surface area contributed by atoms with Crippen molar-refractivity contribution in [2.75, 3.05) is 19.6 Å². The third-order valence-corrected chi connectivity index (χ3v) is 5.88. The minimum atomic E-state index is 0.213. The van der Waals surface area contributed by atoms with Crippen LogP contribution >= 0.6 is 0 Å². The minimum Gasteiger partial charge on any atom is -0.326 e. The molecule has 2 N–H and O–H groups in total. The molecule has 0 bridgehead atoms. The van der Waals surface area contributed by atoms with Gasteiger partial charge in [0.1, 0.15) is 0 Å². The Balaban J connectivity index is 1.42. The predicted octanol–water partition coefficient (Wildman–Crippen LogP) is 4.81. The number of piperidine rings is 1. The van der Waals surface area contributed by atoms with Crippen molar-refractivity contribution in [3.63, 3.8) is 0 Å². The van der Waals surface area contributed by atoms with Crippen LogP contribution in [-0.2, 0) is 18.3 Å². The second-order valence-corrected chi connectivity index (χ2v) is 9.34. The van der Waals surface area contributed by atoms with Crippen molar-refractivity contribution >= 4 is 0 Å². The Labute approximate surface area is 165 Å². The van der Waals surface area contributed by atoms with Crippen LogP contribution in [0.15, 0.2) is 54.6 Å². The molecule has 0 amide bonds. The molecule has 2 nitrogen and oxygen atoms in total. The fourth-order valence-electron chi connectivity index (χ4n) is 4.16. The lowest BCUT2D eigenvalue weighted by molar-refractivity contribution is 0.175. The molecule has 2 heteroatoms. The van der Waals surface area contributed by atoms with Crippen molar-refractivity contribution in [2.24, 2.45) is 11.7 Å². The van der Waals surface area contributed by atoms with Crippen molar-refractivity contribution < 1.29 is 0 Å². The summed E-state index contributed by atoms with van der Waals surface area (Å²) in [7, 11) is 0. The third-order valence-electron chi connectivity index (χ3n) is 5.88. The van der Waals surface area contributed by atoms with E-state index in [0.717, 1.165) is 18.9 Å². The fourth-order valence-corrected chi connectivity index (χ4v) is 4.16. The lowest BCUT2D eigenvalue weighted by Crippen LogP contribution is -2.43. The molecule has 3 rings (SSSR count). The van der Waals surface area contributed by atoms with Crippen LogP contribution in [0.2, 0.25) is 0 Å². The summed E-state index contributed by atoms with van der Waals surface area (Å²) >= 11 is 0. The second-order valence-electron chi connectivity index (χ2n) is 9.34. The molecule has 2 aromatic carbocycles. The molecule has 1 heterocycles. The monoisotopic (exact) mass is 364 g/mol. The maximum atomic E-state index is 6.48. The standard InChI is InChI=1S/C25H36N2/c1-25(2,3)23-11-9-21(10-12-23)18-24(26)19-27-15-13-22(14-16-27)17-20-7-5-4-6-8-20/h4-12,22,24H,13-19,26H2,1-3H3. The summed E-state index contributed by atoms with van der Waals surface area (Å²) in [5.41, 5.74) is 10.9. The van der Waals surface area contributed by atoms with Gasteiger partial charge in [-0.05, 0) is 66.8 Å². The minimum absolute atomic E-state index is 0.213. The van der Waals surface area contributed by atoms with Crippen LogP contribution in [0, 0.1) is 5.92 Å². The highest BCUT2D eigenvalue weighted by Gasteiger charge is 2.21. The Kier molecular flexibility index (Phi) is 6.73. The number of nitrogens with two attached hydrogens (primary N) is 1. The smallest absolute Gasteiger partial charge is 0.0208 e. The van der Waals surface area contributed by atoms with E-state index < -0.39 is 0 Å². The largest absolute Gasteiger partial charge is 0.326 e. The molecule has 1 saturated heterocycles. The molecule has 1 aliphatic heterocycles. The topological polar surface area (TPSA) is 29.3 Å². The van der Waals surface area contributed by atoms with E-state index in [4.69, 9.17) is 5.73 Å². The van der Waals surface area contributed by atoms with Gasteiger partial charge in [0.2, 0.25) is 0 Å². The van der Waals surface area contributed by atoms with Crippen molar-refractivity contribution in [1.82, 2.24) is 4.90 Å². The zero-order valence-electron chi connectivity index (χ0n) is 17.3. The molecule has 0 spiro atoms. The second kappa shape index (κ2) is 9.03. The van der Waals surface area contributed by atoms with Gasteiger partial charge in [0.15, 0.2) is 0 Å². The summed E-state index contributed by atoms with van der Waals surface area (Å²) in [5, 5.41) is 0. The third kappa shape index (κ3) is 6.19. The highest BCUT2D eigenvalue weighted by atomic mass is 15.1. The van der Waals surface area contributed by atoms with Crippen molar-refractivity contribution in [3.8, 4) is 0 Å². The van der Waals surface area contributed by atoms with E-state index in [-0.39, 0.29) is 11.5 Å². The van der Waals surface area contributed by atoms with Gasteiger partial charge in [0.25, 0.3) is 0 Å². The Morgan fingerprint density at radius 3 is 2.15 bits per heavy atom. The average Bonchev–Trinajstić information content (AvgIpc) is 2.64. The first-order valence-corrected chi connectivity index (χ1v) is 10.5. The molecule has 1 fully saturated rings. The lowest BCUT2D eigenvalue weighted by Gasteiger charge is -2.33. The van der Waals surface area contributed by atoms with E-state index in [1.165, 1.54) is 49.0 Å². The summed E-state index contributed by atoms with van der Waals surface area (Å²) in [6, 6.07) is 20.2. The number of nitrogens with zero attached hydrogens (tertiary/aromatic N) is 1. The van der Waals surface area contributed by atoms with Gasteiger partial charge in [0, 0.05) is 12.6 Å². The molecule has 0 radical (unpaired) electrons. The van der Waals surface area contributed by atoms with Crippen molar-refractivity contribution in [3.05, 3.63) is 71.3 Å². The molecule has 1 unspecified atom stereocenters. The summed E-state index contributed by atoms with van der Waals surface area (Å²) in [6.07, 6.45) is 4.78. The zero-order chi connectivity index (χ0) is 19.3. The number of hydrogen-bond donors (Lipinski definition) is 1. The van der Waals surface area contributed by atoms with Crippen molar-refractivity contribution in [2.45, 2.75) is 57.9 Å². The van der Waals surface area contributed by atoms with Gasteiger partial charge in [-0.1, -0.05) is 75.4 Å². The van der Waals surface area contributed by atoms with Gasteiger partial charge in [0.05, 0.1) is 0 Å². The predicted molar refractivity (Wildman–Crippen MR) is 116 cm³/mol. The van der Waals surface area contributed by atoms with Crippen LogP contribution in [0.5, 0.6) is 0 Å². The van der Waals surface area contributed by atoms with Gasteiger partial charge < -0.3 is 10.6 Å². The summed E-state index contributed by atoms with van der Waals surface area (Å²) in [6.45, 7) is 10.2. The lowest BCUT2D eigenvalue weighted by atomic mass is 9.86. The maximum absolute atomic E-state index is 6.48. The highest BCUT2D eigenvalue weighted by Crippen LogP contribution is 2.23. The molecule has 1 atom stereocenters. The fraction of sp³-hybridized carbons (Fsp3) is 0.520. The van der Waals surface area contributed by atoms with Crippen LogP contribution in [0.1, 0.15) is 50.3 Å². The Morgan fingerprint density at radius 2 is 1.56 bits per heavy atom.